The molecule has 2 fully saturated rings. The smallest absolute Gasteiger partial charge is 0.266 e. The number of carbonyl (C=O) groups excluding carboxylic acids is 1. The van der Waals surface area contributed by atoms with Gasteiger partial charge in [0.25, 0.3) is 11.5 Å². The van der Waals surface area contributed by atoms with E-state index in [0.29, 0.717) is 25.5 Å². The average Bonchev–Trinajstić information content (AvgIpc) is 3.11. The van der Waals surface area contributed by atoms with Crippen LogP contribution < -0.4 is 5.56 Å². The van der Waals surface area contributed by atoms with E-state index in [9.17, 15) is 9.59 Å². The Bertz CT molecular complexity index is 1330. The van der Waals surface area contributed by atoms with Crippen molar-refractivity contribution in [1.29, 1.82) is 0 Å². The minimum absolute atomic E-state index is 0.0960. The molecule has 3 heterocycles. The number of aromatic nitrogens is 2. The Balaban J connectivity index is 1.60. The van der Waals surface area contributed by atoms with E-state index in [2.05, 4.69) is 0 Å². The first-order valence-corrected chi connectivity index (χ1v) is 13.1. The zero-order valence-corrected chi connectivity index (χ0v) is 20.6. The van der Waals surface area contributed by atoms with Crippen molar-refractivity contribution in [3.63, 3.8) is 0 Å². The fraction of sp³-hybridized carbons (Fsp3) is 0.280. The summed E-state index contributed by atoms with van der Waals surface area (Å²) >= 11 is 8.29. The van der Waals surface area contributed by atoms with E-state index in [0.717, 1.165) is 36.1 Å². The first-order valence-electron chi connectivity index (χ1n) is 11.0. The number of hydrogen-bond donors (Lipinski definition) is 0. The number of pyridine rings is 1. The Kier molecular flexibility index (Phi) is 6.40. The number of benzene rings is 1. The van der Waals surface area contributed by atoms with Crippen LogP contribution in [0.2, 0.25) is 0 Å². The molecule has 0 radical (unpaired) electrons. The zero-order valence-electron chi connectivity index (χ0n) is 18.2. The fourth-order valence-electron chi connectivity index (χ4n) is 4.30. The molecule has 3 aromatic rings. The van der Waals surface area contributed by atoms with Gasteiger partial charge in [-0.15, -0.1) is 0 Å². The van der Waals surface area contributed by atoms with E-state index in [1.54, 1.807) is 21.6 Å². The van der Waals surface area contributed by atoms with Gasteiger partial charge in [-0.3, -0.25) is 18.9 Å². The molecule has 1 aromatic carbocycles. The van der Waals surface area contributed by atoms with Crippen LogP contribution in [0.4, 0.5) is 0 Å². The van der Waals surface area contributed by atoms with Crippen molar-refractivity contribution in [2.75, 3.05) is 0 Å². The van der Waals surface area contributed by atoms with Gasteiger partial charge in [-0.05, 0) is 49.6 Å². The molecule has 5 rings (SSSR count). The van der Waals surface area contributed by atoms with Crippen molar-refractivity contribution in [3.8, 4) is 0 Å². The number of fused-ring (bicyclic) bond motifs is 1. The highest BCUT2D eigenvalue weighted by Crippen LogP contribution is 2.38. The van der Waals surface area contributed by atoms with Crippen LogP contribution in [0.15, 0.2) is 68.3 Å². The fourth-order valence-corrected chi connectivity index (χ4v) is 6.60. The largest absolute Gasteiger partial charge is 0.290 e. The molecule has 1 aliphatic carbocycles. The van der Waals surface area contributed by atoms with Crippen LogP contribution in [0.5, 0.6) is 0 Å². The number of aryl methyl sites for hydroxylation is 1. The number of thioether (sulfide) groups is 1. The number of thiocarbonyl (C=S) groups is 1. The second-order valence-electron chi connectivity index (χ2n) is 8.33. The van der Waals surface area contributed by atoms with E-state index in [-0.39, 0.29) is 17.5 Å². The Labute approximate surface area is 206 Å². The van der Waals surface area contributed by atoms with E-state index in [1.165, 1.54) is 29.9 Å². The quantitative estimate of drug-likeness (QED) is 0.264. The van der Waals surface area contributed by atoms with Crippen molar-refractivity contribution in [3.05, 3.63) is 75.0 Å². The van der Waals surface area contributed by atoms with Gasteiger partial charge in [0.05, 0.1) is 10.5 Å². The molecular formula is C25H23N3O2S3. The summed E-state index contributed by atoms with van der Waals surface area (Å²) in [7, 11) is 0. The molecule has 1 saturated heterocycles. The third-order valence-corrected chi connectivity index (χ3v) is 8.31. The second-order valence-corrected chi connectivity index (χ2v) is 11.1. The third kappa shape index (κ3) is 4.52. The van der Waals surface area contributed by atoms with Crippen molar-refractivity contribution in [2.45, 2.75) is 55.0 Å². The monoisotopic (exact) mass is 493 g/mol. The highest BCUT2D eigenvalue weighted by atomic mass is 32.2. The molecule has 5 nitrogen and oxygen atoms in total. The summed E-state index contributed by atoms with van der Waals surface area (Å²) in [5, 5.41) is 0.581. The van der Waals surface area contributed by atoms with Crippen molar-refractivity contribution in [1.82, 2.24) is 14.3 Å². The first-order chi connectivity index (χ1) is 16.0. The normalized spacial score (nSPS) is 18.6. The number of rotatable bonds is 4. The van der Waals surface area contributed by atoms with Gasteiger partial charge < -0.3 is 0 Å². The lowest BCUT2D eigenvalue weighted by atomic mass is 9.94. The molecule has 33 heavy (non-hydrogen) atoms. The van der Waals surface area contributed by atoms with Crippen LogP contribution >= 0.6 is 35.7 Å². The predicted molar refractivity (Wildman–Crippen MR) is 139 cm³/mol. The Morgan fingerprint density at radius 1 is 1.09 bits per heavy atom. The highest BCUT2D eigenvalue weighted by Gasteiger charge is 2.37. The molecule has 168 valence electrons. The van der Waals surface area contributed by atoms with Gasteiger partial charge in [-0.2, -0.15) is 0 Å². The van der Waals surface area contributed by atoms with Crippen molar-refractivity contribution < 1.29 is 4.79 Å². The molecule has 0 N–H and O–H groups in total. The summed E-state index contributed by atoms with van der Waals surface area (Å²) in [6.45, 7) is 1.94. The number of amides is 1. The van der Waals surface area contributed by atoms with Crippen LogP contribution in [-0.2, 0) is 4.79 Å². The standard InChI is InChI=1S/C25H23N3O2S3/c1-16-12-13-21-26-22(32-18-10-6-3-7-11-18)19(23(29)27(21)15-16)14-20-24(30)28(25(31)33-20)17-8-4-2-5-9-17/h3,6-7,10-15,17H,2,4-5,8-9H2,1H3. The third-order valence-electron chi connectivity index (χ3n) is 5.97. The summed E-state index contributed by atoms with van der Waals surface area (Å²) in [5.41, 5.74) is 1.77. The molecule has 0 unspecified atom stereocenters. The highest BCUT2D eigenvalue weighted by molar-refractivity contribution is 8.26. The molecule has 1 amide bonds. The molecule has 2 aliphatic rings. The van der Waals surface area contributed by atoms with E-state index in [4.69, 9.17) is 17.2 Å². The lowest BCUT2D eigenvalue weighted by Gasteiger charge is -2.29. The molecule has 0 atom stereocenters. The topological polar surface area (TPSA) is 54.7 Å². The lowest BCUT2D eigenvalue weighted by Crippen LogP contribution is -2.39. The summed E-state index contributed by atoms with van der Waals surface area (Å²) in [6.07, 6.45) is 8.88. The first kappa shape index (κ1) is 22.4. The molecule has 2 aromatic heterocycles. The summed E-state index contributed by atoms with van der Waals surface area (Å²) in [4.78, 5) is 34.9. The van der Waals surface area contributed by atoms with Gasteiger partial charge >= 0.3 is 0 Å². The van der Waals surface area contributed by atoms with Crippen LogP contribution in [0.1, 0.15) is 43.2 Å². The van der Waals surface area contributed by atoms with Gasteiger partial charge in [0, 0.05) is 17.1 Å². The molecule has 0 spiro atoms. The Morgan fingerprint density at radius 2 is 1.85 bits per heavy atom. The van der Waals surface area contributed by atoms with Crippen LogP contribution in [0.25, 0.3) is 11.7 Å². The van der Waals surface area contributed by atoms with E-state index >= 15 is 0 Å². The summed E-state index contributed by atoms with van der Waals surface area (Å²) < 4.78 is 2.14. The number of nitrogens with zero attached hydrogens (tertiary/aromatic N) is 3. The van der Waals surface area contributed by atoms with E-state index in [1.807, 2.05) is 49.4 Å². The second kappa shape index (κ2) is 9.44. The summed E-state index contributed by atoms with van der Waals surface area (Å²) in [5.74, 6) is -0.0960. The van der Waals surface area contributed by atoms with Gasteiger partial charge in [0.1, 0.15) is 15.0 Å². The molecule has 8 heteroatoms. The maximum atomic E-state index is 13.5. The molecule has 1 aliphatic heterocycles. The van der Waals surface area contributed by atoms with Crippen molar-refractivity contribution in [2.24, 2.45) is 0 Å². The Hall–Kier alpha value is -2.42. The maximum absolute atomic E-state index is 13.5. The van der Waals surface area contributed by atoms with Crippen molar-refractivity contribution >= 4 is 57.7 Å². The molecular weight excluding hydrogens is 470 g/mol. The number of hydrogen-bond acceptors (Lipinski definition) is 6. The zero-order chi connectivity index (χ0) is 22.9. The minimum Gasteiger partial charge on any atom is -0.290 e. The minimum atomic E-state index is -0.190. The van der Waals surface area contributed by atoms with Crippen LogP contribution in [0.3, 0.4) is 0 Å². The van der Waals surface area contributed by atoms with Gasteiger partial charge in [0.15, 0.2) is 0 Å². The lowest BCUT2D eigenvalue weighted by molar-refractivity contribution is -0.124. The summed E-state index contributed by atoms with van der Waals surface area (Å²) in [6, 6.07) is 13.8. The Morgan fingerprint density at radius 3 is 2.61 bits per heavy atom. The average molecular weight is 494 g/mol. The van der Waals surface area contributed by atoms with Crippen LogP contribution in [0, 0.1) is 6.92 Å². The number of carbonyl (C=O) groups is 1. The SMILES string of the molecule is Cc1ccc2nc(Sc3ccccc3)c(C=C3SC(=S)N(C4CCCCC4)C3=O)c(=O)n2c1. The molecule has 0 bridgehead atoms. The van der Waals surface area contributed by atoms with Crippen LogP contribution in [-0.4, -0.2) is 30.6 Å². The van der Waals surface area contributed by atoms with E-state index < -0.39 is 0 Å². The molecule has 1 saturated carbocycles. The van der Waals surface area contributed by atoms with Gasteiger partial charge in [-0.25, -0.2) is 4.98 Å². The maximum Gasteiger partial charge on any atom is 0.266 e. The predicted octanol–water partition coefficient (Wildman–Crippen LogP) is 5.69. The van der Waals surface area contributed by atoms with Gasteiger partial charge in [-0.1, -0.05) is 79.3 Å². The van der Waals surface area contributed by atoms with Gasteiger partial charge in [0.2, 0.25) is 0 Å².